The van der Waals surface area contributed by atoms with E-state index in [9.17, 15) is 0 Å². The number of halogens is 1. The number of alkyl halides is 1. The minimum Gasteiger partial charge on any atom is -0.0820 e. The number of aryl methyl sites for hydroxylation is 2. The largest absolute Gasteiger partial charge is 0.0820 e. The van der Waals surface area contributed by atoms with Crippen molar-refractivity contribution in [3.05, 3.63) is 34.9 Å². The van der Waals surface area contributed by atoms with Gasteiger partial charge in [-0.3, -0.25) is 0 Å². The van der Waals surface area contributed by atoms with Gasteiger partial charge in [-0.05, 0) is 84.7 Å². The molecule has 0 aliphatic heterocycles. The summed E-state index contributed by atoms with van der Waals surface area (Å²) in [6.07, 6.45) is 8.36. The van der Waals surface area contributed by atoms with Crippen LogP contribution in [-0.2, 0) is 11.8 Å². The lowest BCUT2D eigenvalue weighted by atomic mass is 9.40. The summed E-state index contributed by atoms with van der Waals surface area (Å²) in [6.45, 7) is 12.7. The van der Waals surface area contributed by atoms with Crippen molar-refractivity contribution in [1.82, 2.24) is 0 Å². The highest BCUT2D eigenvalue weighted by atomic mass is 127. The Morgan fingerprint density at radius 2 is 1.71 bits per heavy atom. The average Bonchev–Trinajstić information content (AvgIpc) is 2.51. The lowest BCUT2D eigenvalue weighted by Crippen LogP contribution is -2.59. The number of rotatable bonds is 0. The summed E-state index contributed by atoms with van der Waals surface area (Å²) in [7, 11) is 0. The normalized spacial score (nSPS) is 43.5. The average molecular weight is 436 g/mol. The minimum atomic E-state index is 0.402. The van der Waals surface area contributed by atoms with Crippen LogP contribution in [0.3, 0.4) is 0 Å². The molecule has 1 heteroatoms. The van der Waals surface area contributed by atoms with E-state index in [4.69, 9.17) is 0 Å². The van der Waals surface area contributed by atoms with Crippen LogP contribution < -0.4 is 0 Å². The molecule has 4 rings (SSSR count). The third-order valence-corrected chi connectivity index (χ3v) is 10.8. The van der Waals surface area contributed by atoms with Crippen LogP contribution in [0.25, 0.3) is 0 Å². The van der Waals surface area contributed by atoms with Crippen LogP contribution in [0, 0.1) is 29.6 Å². The van der Waals surface area contributed by atoms with Crippen molar-refractivity contribution >= 4 is 22.6 Å². The monoisotopic (exact) mass is 436 g/mol. The first-order valence-corrected chi connectivity index (χ1v) is 11.2. The van der Waals surface area contributed by atoms with Crippen LogP contribution in [0.1, 0.15) is 76.5 Å². The highest BCUT2D eigenvalue weighted by Crippen LogP contribution is 2.67. The van der Waals surface area contributed by atoms with E-state index in [0.29, 0.717) is 16.2 Å². The molecule has 1 aromatic rings. The standard InChI is InChI=1S/C23H33I/c1-15-6-7-16-8-9-19-22(4,17(16)14-15)12-10-18-21(2,3)20(24)11-13-23(18,19)5/h6-7,14,18-20H,8-13H2,1-5H3/t18-,19-,20-,22-,23-/m0/s1. The van der Waals surface area contributed by atoms with Crippen molar-refractivity contribution in [2.75, 3.05) is 0 Å². The van der Waals surface area contributed by atoms with Crippen LogP contribution in [0.4, 0.5) is 0 Å². The van der Waals surface area contributed by atoms with Crippen molar-refractivity contribution in [2.45, 2.75) is 82.5 Å². The summed E-state index contributed by atoms with van der Waals surface area (Å²) < 4.78 is 0.843. The van der Waals surface area contributed by atoms with Gasteiger partial charge in [0.15, 0.2) is 0 Å². The third kappa shape index (κ3) is 2.21. The van der Waals surface area contributed by atoms with E-state index in [1.165, 1.54) is 44.1 Å². The molecule has 0 N–H and O–H groups in total. The summed E-state index contributed by atoms with van der Waals surface area (Å²) in [4.78, 5) is 0. The molecule has 3 aliphatic carbocycles. The lowest BCUT2D eigenvalue weighted by molar-refractivity contribution is -0.105. The fourth-order valence-electron chi connectivity index (χ4n) is 7.23. The summed E-state index contributed by atoms with van der Waals surface area (Å²) in [5, 5.41) is 0. The maximum Gasteiger partial charge on any atom is 0.0164 e. The molecule has 24 heavy (non-hydrogen) atoms. The summed E-state index contributed by atoms with van der Waals surface area (Å²) in [5.41, 5.74) is 6.20. The molecule has 0 amide bonds. The molecule has 0 saturated heterocycles. The molecule has 2 saturated carbocycles. The Morgan fingerprint density at radius 3 is 2.46 bits per heavy atom. The van der Waals surface area contributed by atoms with E-state index in [0.717, 1.165) is 15.8 Å². The smallest absolute Gasteiger partial charge is 0.0164 e. The first-order valence-electron chi connectivity index (χ1n) is 9.94. The van der Waals surface area contributed by atoms with E-state index >= 15 is 0 Å². The lowest BCUT2D eigenvalue weighted by Gasteiger charge is -2.65. The first-order chi connectivity index (χ1) is 11.2. The third-order valence-electron chi connectivity index (χ3n) is 8.54. The molecule has 1 aromatic carbocycles. The van der Waals surface area contributed by atoms with Crippen molar-refractivity contribution in [3.63, 3.8) is 0 Å². The van der Waals surface area contributed by atoms with Crippen LogP contribution in [0.15, 0.2) is 18.2 Å². The Bertz CT molecular complexity index is 660. The topological polar surface area (TPSA) is 0 Å². The van der Waals surface area contributed by atoms with Crippen molar-refractivity contribution < 1.29 is 0 Å². The molecule has 0 radical (unpaired) electrons. The zero-order valence-electron chi connectivity index (χ0n) is 16.1. The molecular formula is C23H33I. The van der Waals surface area contributed by atoms with E-state index in [1.54, 1.807) is 11.1 Å². The van der Waals surface area contributed by atoms with Gasteiger partial charge in [0.1, 0.15) is 0 Å². The van der Waals surface area contributed by atoms with Crippen LogP contribution in [0.5, 0.6) is 0 Å². The number of fused-ring (bicyclic) bond motifs is 5. The Labute approximate surface area is 162 Å². The Morgan fingerprint density at radius 1 is 0.958 bits per heavy atom. The molecule has 0 spiro atoms. The van der Waals surface area contributed by atoms with Gasteiger partial charge >= 0.3 is 0 Å². The molecule has 132 valence electrons. The molecular weight excluding hydrogens is 403 g/mol. The number of hydrogen-bond donors (Lipinski definition) is 0. The predicted molar refractivity (Wildman–Crippen MR) is 112 cm³/mol. The molecule has 0 unspecified atom stereocenters. The van der Waals surface area contributed by atoms with Gasteiger partial charge in [-0.2, -0.15) is 0 Å². The van der Waals surface area contributed by atoms with Gasteiger partial charge in [-0.1, -0.05) is 74.0 Å². The van der Waals surface area contributed by atoms with Gasteiger partial charge in [0.25, 0.3) is 0 Å². The zero-order chi connectivity index (χ0) is 17.3. The van der Waals surface area contributed by atoms with E-state index in [1.807, 2.05) is 0 Å². The fraction of sp³-hybridized carbons (Fsp3) is 0.739. The van der Waals surface area contributed by atoms with Crippen molar-refractivity contribution in [2.24, 2.45) is 22.7 Å². The van der Waals surface area contributed by atoms with Crippen molar-refractivity contribution in [1.29, 1.82) is 0 Å². The predicted octanol–water partition coefficient (Wildman–Crippen LogP) is 6.86. The minimum absolute atomic E-state index is 0.402. The summed E-state index contributed by atoms with van der Waals surface area (Å²) in [5.74, 6) is 1.76. The Kier molecular flexibility index (Phi) is 3.96. The van der Waals surface area contributed by atoms with E-state index in [2.05, 4.69) is 75.4 Å². The maximum absolute atomic E-state index is 2.75. The molecule has 5 atom stereocenters. The van der Waals surface area contributed by atoms with E-state index < -0.39 is 0 Å². The molecule has 0 heterocycles. The number of benzene rings is 1. The maximum atomic E-state index is 2.75. The molecule has 0 aromatic heterocycles. The van der Waals surface area contributed by atoms with Crippen molar-refractivity contribution in [3.8, 4) is 0 Å². The Balaban J connectivity index is 1.81. The molecule has 0 nitrogen and oxygen atoms in total. The van der Waals surface area contributed by atoms with Gasteiger partial charge in [-0.25, -0.2) is 0 Å². The highest BCUT2D eigenvalue weighted by molar-refractivity contribution is 14.1. The van der Waals surface area contributed by atoms with Gasteiger partial charge in [-0.15, -0.1) is 0 Å². The molecule has 3 aliphatic rings. The fourth-order valence-corrected chi connectivity index (χ4v) is 7.97. The first kappa shape index (κ1) is 17.4. The van der Waals surface area contributed by atoms with Crippen LogP contribution >= 0.6 is 22.6 Å². The van der Waals surface area contributed by atoms with Gasteiger partial charge in [0, 0.05) is 3.92 Å². The summed E-state index contributed by atoms with van der Waals surface area (Å²) in [6, 6.07) is 7.27. The second-order valence-electron chi connectivity index (χ2n) is 10.1. The quantitative estimate of drug-likeness (QED) is 0.308. The van der Waals surface area contributed by atoms with Crippen LogP contribution in [-0.4, -0.2) is 3.92 Å². The second-order valence-corrected chi connectivity index (χ2v) is 11.6. The highest BCUT2D eigenvalue weighted by Gasteiger charge is 2.61. The van der Waals surface area contributed by atoms with Crippen LogP contribution in [0.2, 0.25) is 0 Å². The zero-order valence-corrected chi connectivity index (χ0v) is 18.2. The SMILES string of the molecule is Cc1ccc2c(c1)[C@]1(C)CC[C@H]3C(C)(C)[C@@H](I)CC[C@]3(C)[C@H]1CC2. The molecule has 2 fully saturated rings. The van der Waals surface area contributed by atoms with Gasteiger partial charge in [0.05, 0.1) is 0 Å². The summed E-state index contributed by atoms with van der Waals surface area (Å²) >= 11 is 2.75. The Hall–Kier alpha value is -0.0500. The van der Waals surface area contributed by atoms with Gasteiger partial charge < -0.3 is 0 Å². The van der Waals surface area contributed by atoms with E-state index in [-0.39, 0.29) is 0 Å². The van der Waals surface area contributed by atoms with Gasteiger partial charge in [0.2, 0.25) is 0 Å². The second kappa shape index (κ2) is 5.47. The number of hydrogen-bond acceptors (Lipinski definition) is 0. The molecule has 0 bridgehead atoms.